The maximum atomic E-state index is 10.4. The molecule has 0 saturated carbocycles. The molecule has 0 fully saturated rings. The Labute approximate surface area is 107 Å². The highest BCUT2D eigenvalue weighted by atomic mass is 16.3. The molecule has 2 heteroatoms. The topological polar surface area (TPSA) is 29.4 Å². The van der Waals surface area contributed by atoms with Crippen molar-refractivity contribution >= 4 is 5.70 Å². The van der Waals surface area contributed by atoms with E-state index >= 15 is 0 Å². The van der Waals surface area contributed by atoms with Gasteiger partial charge in [0.15, 0.2) is 0 Å². The fraction of sp³-hybridized carbons (Fsp3) is 0.125. The fourth-order valence-electron chi connectivity index (χ4n) is 1.88. The Morgan fingerprint density at radius 1 is 1.11 bits per heavy atom. The van der Waals surface area contributed by atoms with E-state index in [1.807, 2.05) is 24.3 Å². The molecule has 2 rings (SSSR count). The number of benzene rings is 2. The Morgan fingerprint density at radius 2 is 1.83 bits per heavy atom. The van der Waals surface area contributed by atoms with Gasteiger partial charge in [0.25, 0.3) is 0 Å². The van der Waals surface area contributed by atoms with Crippen LogP contribution in [0, 0.1) is 4.91 Å². The molecular weight excluding hydrogens is 222 g/mol. The number of rotatable bonds is 4. The van der Waals surface area contributed by atoms with Crippen molar-refractivity contribution in [1.82, 2.24) is 0 Å². The van der Waals surface area contributed by atoms with Crippen LogP contribution in [0.25, 0.3) is 16.8 Å². The smallest absolute Gasteiger partial charge is 0.108 e. The molecule has 2 aromatic carbocycles. The van der Waals surface area contributed by atoms with Crippen molar-refractivity contribution in [3.8, 4) is 11.1 Å². The molecule has 0 N–H and O–H groups in total. The van der Waals surface area contributed by atoms with E-state index in [1.54, 1.807) is 0 Å². The molecule has 0 aliphatic heterocycles. The third kappa shape index (κ3) is 2.54. The van der Waals surface area contributed by atoms with Gasteiger partial charge in [-0.15, -0.1) is 4.91 Å². The van der Waals surface area contributed by atoms with E-state index in [9.17, 15) is 4.91 Å². The number of hydrogen-bond donors (Lipinski definition) is 0. The van der Waals surface area contributed by atoms with E-state index in [2.05, 4.69) is 42.9 Å². The Kier molecular flexibility index (Phi) is 3.68. The van der Waals surface area contributed by atoms with Crippen LogP contribution in [-0.4, -0.2) is 0 Å². The summed E-state index contributed by atoms with van der Waals surface area (Å²) < 4.78 is 0. The molecule has 0 amide bonds. The van der Waals surface area contributed by atoms with E-state index < -0.39 is 0 Å². The summed E-state index contributed by atoms with van der Waals surface area (Å²) in [6.45, 7) is 5.73. The van der Waals surface area contributed by atoms with Crippen LogP contribution >= 0.6 is 0 Å². The highest BCUT2D eigenvalue weighted by Gasteiger charge is 2.01. The van der Waals surface area contributed by atoms with Gasteiger partial charge in [0.2, 0.25) is 0 Å². The van der Waals surface area contributed by atoms with Crippen LogP contribution < -0.4 is 0 Å². The quantitative estimate of drug-likeness (QED) is 0.711. The largest absolute Gasteiger partial charge is 0.145 e. The first-order valence-corrected chi connectivity index (χ1v) is 5.96. The van der Waals surface area contributed by atoms with Gasteiger partial charge in [-0.05, 0) is 28.3 Å². The van der Waals surface area contributed by atoms with Gasteiger partial charge in [-0.1, -0.05) is 62.0 Å². The minimum Gasteiger partial charge on any atom is -0.145 e. The van der Waals surface area contributed by atoms with Crippen LogP contribution in [0.5, 0.6) is 0 Å². The van der Waals surface area contributed by atoms with Crippen LogP contribution in [0.15, 0.2) is 60.3 Å². The molecule has 0 aliphatic carbocycles. The van der Waals surface area contributed by atoms with Crippen LogP contribution in [0.4, 0.5) is 0 Å². The average Bonchev–Trinajstić information content (AvgIpc) is 2.46. The lowest BCUT2D eigenvalue weighted by atomic mass is 10.0. The molecule has 0 radical (unpaired) electrons. The first kappa shape index (κ1) is 12.2. The van der Waals surface area contributed by atoms with Crippen molar-refractivity contribution < 1.29 is 0 Å². The number of aryl methyl sites for hydroxylation is 1. The Morgan fingerprint density at radius 3 is 2.44 bits per heavy atom. The predicted octanol–water partition coefficient (Wildman–Crippen LogP) is 4.65. The second-order valence-electron chi connectivity index (χ2n) is 4.17. The number of nitrogens with zero attached hydrogens (tertiary/aromatic N) is 1. The first-order chi connectivity index (χ1) is 8.74. The molecule has 0 spiro atoms. The zero-order valence-electron chi connectivity index (χ0n) is 10.4. The minimum absolute atomic E-state index is 0.267. The summed E-state index contributed by atoms with van der Waals surface area (Å²) >= 11 is 0. The predicted molar refractivity (Wildman–Crippen MR) is 76.1 cm³/mol. The minimum atomic E-state index is 0.267. The molecule has 0 aromatic heterocycles. The van der Waals surface area contributed by atoms with Gasteiger partial charge < -0.3 is 0 Å². The van der Waals surface area contributed by atoms with E-state index in [1.165, 1.54) is 11.1 Å². The van der Waals surface area contributed by atoms with Gasteiger partial charge in [0.1, 0.15) is 5.70 Å². The number of nitroso groups, excluding NO2 is 1. The number of hydrogen-bond acceptors (Lipinski definition) is 2. The van der Waals surface area contributed by atoms with Crippen molar-refractivity contribution in [2.45, 2.75) is 13.3 Å². The average molecular weight is 237 g/mol. The molecular formula is C16H15NO. The standard InChI is InChI=1S/C16H15NO/c1-3-13-5-4-6-16(11-13)15-9-7-14(8-10-15)12(2)17-18/h4-11H,2-3H2,1H3. The molecule has 0 heterocycles. The van der Waals surface area contributed by atoms with Crippen molar-refractivity contribution in [2.24, 2.45) is 5.18 Å². The maximum absolute atomic E-state index is 10.4. The first-order valence-electron chi connectivity index (χ1n) is 5.96. The lowest BCUT2D eigenvalue weighted by Crippen LogP contribution is -1.84. The molecule has 18 heavy (non-hydrogen) atoms. The summed E-state index contributed by atoms with van der Waals surface area (Å²) in [5.74, 6) is 0. The second-order valence-corrected chi connectivity index (χ2v) is 4.17. The van der Waals surface area contributed by atoms with Crippen molar-refractivity contribution in [3.63, 3.8) is 0 Å². The van der Waals surface area contributed by atoms with Crippen LogP contribution in [0.3, 0.4) is 0 Å². The van der Waals surface area contributed by atoms with Gasteiger partial charge in [0, 0.05) is 5.56 Å². The summed E-state index contributed by atoms with van der Waals surface area (Å²) in [6, 6.07) is 16.2. The van der Waals surface area contributed by atoms with E-state index in [4.69, 9.17) is 0 Å². The Balaban J connectivity index is 2.33. The van der Waals surface area contributed by atoms with E-state index in [0.29, 0.717) is 0 Å². The zero-order valence-corrected chi connectivity index (χ0v) is 10.4. The second kappa shape index (κ2) is 5.41. The molecule has 0 saturated heterocycles. The monoisotopic (exact) mass is 237 g/mol. The van der Waals surface area contributed by atoms with Gasteiger partial charge in [-0.3, -0.25) is 0 Å². The third-order valence-electron chi connectivity index (χ3n) is 3.00. The highest BCUT2D eigenvalue weighted by Crippen LogP contribution is 2.23. The summed E-state index contributed by atoms with van der Waals surface area (Å²) in [4.78, 5) is 10.4. The lowest BCUT2D eigenvalue weighted by Gasteiger charge is -2.05. The van der Waals surface area contributed by atoms with Gasteiger partial charge in [-0.2, -0.15) is 0 Å². The lowest BCUT2D eigenvalue weighted by molar-refractivity contribution is 1.14. The van der Waals surface area contributed by atoms with Crippen LogP contribution in [-0.2, 0) is 6.42 Å². The van der Waals surface area contributed by atoms with Gasteiger partial charge in [0.05, 0.1) is 0 Å². The summed E-state index contributed by atoms with van der Waals surface area (Å²) in [6.07, 6.45) is 1.03. The Bertz CT molecular complexity index is 570. The van der Waals surface area contributed by atoms with Crippen LogP contribution in [0.1, 0.15) is 18.1 Å². The normalized spacial score (nSPS) is 10.1. The summed E-state index contributed by atoms with van der Waals surface area (Å²) in [5, 5.41) is 2.84. The van der Waals surface area contributed by atoms with E-state index in [0.717, 1.165) is 17.5 Å². The summed E-state index contributed by atoms with van der Waals surface area (Å²) in [7, 11) is 0. The van der Waals surface area contributed by atoms with E-state index in [-0.39, 0.29) is 5.70 Å². The molecule has 0 bridgehead atoms. The molecule has 2 nitrogen and oxygen atoms in total. The highest BCUT2D eigenvalue weighted by molar-refractivity contribution is 5.69. The maximum Gasteiger partial charge on any atom is 0.108 e. The molecule has 0 unspecified atom stereocenters. The van der Waals surface area contributed by atoms with Crippen molar-refractivity contribution in [3.05, 3.63) is 71.1 Å². The summed E-state index contributed by atoms with van der Waals surface area (Å²) in [5.41, 5.74) is 4.66. The third-order valence-corrected chi connectivity index (χ3v) is 3.00. The zero-order chi connectivity index (χ0) is 13.0. The van der Waals surface area contributed by atoms with Crippen molar-refractivity contribution in [1.29, 1.82) is 0 Å². The van der Waals surface area contributed by atoms with Gasteiger partial charge >= 0.3 is 0 Å². The molecule has 2 aromatic rings. The van der Waals surface area contributed by atoms with Crippen LogP contribution in [0.2, 0.25) is 0 Å². The Hall–Kier alpha value is -2.22. The SMILES string of the molecule is C=C(N=O)c1ccc(-c2cccc(CC)c2)cc1. The molecule has 0 atom stereocenters. The molecule has 90 valence electrons. The van der Waals surface area contributed by atoms with Gasteiger partial charge in [-0.25, -0.2) is 0 Å². The molecule has 0 aliphatic rings. The van der Waals surface area contributed by atoms with Crippen molar-refractivity contribution in [2.75, 3.05) is 0 Å². The fourth-order valence-corrected chi connectivity index (χ4v) is 1.88.